The van der Waals surface area contributed by atoms with Crippen LogP contribution in [0.2, 0.25) is 5.02 Å². The van der Waals surface area contributed by atoms with Crippen molar-refractivity contribution in [3.8, 4) is 0 Å². The number of carbonyl (C=O) groups is 1. The molecule has 0 radical (unpaired) electrons. The molecule has 4 aliphatic rings. The second-order valence-electron chi connectivity index (χ2n) is 7.53. The summed E-state index contributed by atoms with van der Waals surface area (Å²) in [5.74, 6) is 0.588. The highest BCUT2D eigenvalue weighted by Gasteiger charge is 2.40. The molecule has 0 N–H and O–H groups in total. The molecule has 1 aromatic carbocycles. The van der Waals surface area contributed by atoms with E-state index < -0.39 is 0 Å². The number of fused-ring (bicyclic) bond motifs is 4. The summed E-state index contributed by atoms with van der Waals surface area (Å²) in [7, 11) is 1.99. The van der Waals surface area contributed by atoms with E-state index >= 15 is 0 Å². The number of halogens is 1. The van der Waals surface area contributed by atoms with Crippen molar-refractivity contribution in [2.45, 2.75) is 37.8 Å². The molecule has 4 fully saturated rings. The molecule has 2 bridgehead atoms. The van der Waals surface area contributed by atoms with E-state index in [0.717, 1.165) is 37.6 Å². The Hall–Kier alpha value is -1.26. The average Bonchev–Trinajstić information content (AvgIpc) is 2.89. The minimum Gasteiger partial charge on any atom is -0.371 e. The quantitative estimate of drug-likeness (QED) is 0.823. The summed E-state index contributed by atoms with van der Waals surface area (Å²) in [5, 5.41) is 0.806. The topological polar surface area (TPSA) is 26.8 Å². The van der Waals surface area contributed by atoms with Crippen LogP contribution in [0.5, 0.6) is 0 Å². The van der Waals surface area contributed by atoms with E-state index in [1.807, 2.05) is 24.1 Å². The fourth-order valence-electron chi connectivity index (χ4n) is 4.65. The summed E-state index contributed by atoms with van der Waals surface area (Å²) in [5.41, 5.74) is 1.23. The molecular formula is C19H26ClN3O. The van der Waals surface area contributed by atoms with E-state index in [2.05, 4.69) is 21.9 Å². The van der Waals surface area contributed by atoms with Gasteiger partial charge in [-0.25, -0.2) is 0 Å². The number of amides is 1. The van der Waals surface area contributed by atoms with Gasteiger partial charge in [0, 0.05) is 56.0 Å². The van der Waals surface area contributed by atoms with Gasteiger partial charge in [-0.3, -0.25) is 9.69 Å². The number of carbonyl (C=O) groups excluding carboxylic acids is 1. The smallest absolute Gasteiger partial charge is 0.227 e. The lowest BCUT2D eigenvalue weighted by atomic mass is 9.95. The number of benzene rings is 1. The maximum atomic E-state index is 12.4. The Balaban J connectivity index is 1.40. The van der Waals surface area contributed by atoms with Crippen LogP contribution in [0.25, 0.3) is 0 Å². The molecule has 0 saturated carbocycles. The van der Waals surface area contributed by atoms with Crippen molar-refractivity contribution < 1.29 is 4.79 Å². The summed E-state index contributed by atoms with van der Waals surface area (Å²) >= 11 is 6.13. The predicted octanol–water partition coefficient (Wildman–Crippen LogP) is 2.86. The lowest BCUT2D eigenvalue weighted by molar-refractivity contribution is -0.138. The molecule has 5 rings (SSSR count). The van der Waals surface area contributed by atoms with Crippen molar-refractivity contribution in [3.63, 3.8) is 0 Å². The third-order valence-electron chi connectivity index (χ3n) is 6.15. The van der Waals surface area contributed by atoms with Gasteiger partial charge in [-0.05, 0) is 43.9 Å². The zero-order chi connectivity index (χ0) is 16.7. The second kappa shape index (κ2) is 6.57. The molecule has 1 aromatic rings. The molecule has 4 nitrogen and oxygen atoms in total. The van der Waals surface area contributed by atoms with Crippen molar-refractivity contribution in [2.75, 3.05) is 38.1 Å². The van der Waals surface area contributed by atoms with Gasteiger partial charge in [-0.1, -0.05) is 17.7 Å². The molecule has 0 spiro atoms. The van der Waals surface area contributed by atoms with Gasteiger partial charge in [-0.2, -0.15) is 0 Å². The molecule has 4 saturated heterocycles. The van der Waals surface area contributed by atoms with E-state index in [0.29, 0.717) is 18.0 Å². The number of nitrogens with zero attached hydrogens (tertiary/aromatic N) is 3. The summed E-state index contributed by atoms with van der Waals surface area (Å²) in [6, 6.07) is 9.19. The molecular weight excluding hydrogens is 322 g/mol. The minimum absolute atomic E-state index is 0.222. The first-order chi connectivity index (χ1) is 11.6. The highest BCUT2D eigenvalue weighted by atomic mass is 35.5. The Morgan fingerprint density at radius 1 is 1.04 bits per heavy atom. The number of hydrogen-bond acceptors (Lipinski definition) is 3. The number of likely N-dealkylation sites (N-methyl/N-ethyl adjacent to an activating group) is 1. The molecule has 5 heteroatoms. The van der Waals surface area contributed by atoms with Crippen LogP contribution in [-0.2, 0) is 4.79 Å². The maximum Gasteiger partial charge on any atom is 0.227 e. The van der Waals surface area contributed by atoms with Crippen molar-refractivity contribution in [3.05, 3.63) is 29.3 Å². The normalized spacial score (nSPS) is 29.2. The van der Waals surface area contributed by atoms with Crippen molar-refractivity contribution in [2.24, 2.45) is 5.92 Å². The molecule has 0 unspecified atom stereocenters. The Morgan fingerprint density at radius 2 is 1.83 bits per heavy atom. The Labute approximate surface area is 149 Å². The molecule has 0 aromatic heterocycles. The lowest BCUT2D eigenvalue weighted by Crippen LogP contribution is -2.48. The fourth-order valence-corrected chi connectivity index (χ4v) is 4.83. The number of anilines is 1. The molecule has 1 amide bonds. The molecule has 4 aliphatic heterocycles. The first-order valence-electron chi connectivity index (χ1n) is 9.13. The first kappa shape index (κ1) is 16.2. The van der Waals surface area contributed by atoms with Crippen molar-refractivity contribution in [1.82, 2.24) is 9.80 Å². The third-order valence-corrected chi connectivity index (χ3v) is 6.38. The van der Waals surface area contributed by atoms with Crippen LogP contribution in [0, 0.1) is 5.92 Å². The molecule has 4 heterocycles. The van der Waals surface area contributed by atoms with Crippen molar-refractivity contribution in [1.29, 1.82) is 0 Å². The van der Waals surface area contributed by atoms with Crippen LogP contribution in [0.1, 0.15) is 25.7 Å². The highest BCUT2D eigenvalue weighted by molar-refractivity contribution is 6.30. The van der Waals surface area contributed by atoms with Gasteiger partial charge in [-0.15, -0.1) is 0 Å². The number of piperidine rings is 2. The van der Waals surface area contributed by atoms with Gasteiger partial charge < -0.3 is 9.80 Å². The monoisotopic (exact) mass is 347 g/mol. The maximum absolute atomic E-state index is 12.4. The summed E-state index contributed by atoms with van der Waals surface area (Å²) in [6.07, 6.45) is 4.59. The third kappa shape index (κ3) is 3.02. The standard InChI is InChI=1S/C19H26ClN3O/c1-21-18-6-5-14(19(21)24)12-23(13-18)16-7-9-22(10-8-16)17-4-2-3-15(20)11-17/h2-4,11,14,16,18H,5-10,12-13H2,1H3/t14-,18+/m0/s1. The van der Waals surface area contributed by atoms with E-state index in [1.54, 1.807) is 0 Å². The Morgan fingerprint density at radius 3 is 2.58 bits per heavy atom. The number of hydrogen-bond donors (Lipinski definition) is 0. The zero-order valence-corrected chi connectivity index (χ0v) is 15.1. The molecule has 0 aliphatic carbocycles. The van der Waals surface area contributed by atoms with Gasteiger partial charge in [0.2, 0.25) is 5.91 Å². The van der Waals surface area contributed by atoms with Crippen LogP contribution >= 0.6 is 11.6 Å². The second-order valence-corrected chi connectivity index (χ2v) is 7.97. The highest BCUT2D eigenvalue weighted by Crippen LogP contribution is 2.32. The molecule has 2 atom stereocenters. The predicted molar refractivity (Wildman–Crippen MR) is 97.5 cm³/mol. The lowest BCUT2D eigenvalue weighted by Gasteiger charge is -2.39. The van der Waals surface area contributed by atoms with Crippen LogP contribution in [0.3, 0.4) is 0 Å². The first-order valence-corrected chi connectivity index (χ1v) is 9.51. The van der Waals surface area contributed by atoms with Gasteiger partial charge in [0.15, 0.2) is 0 Å². The van der Waals surface area contributed by atoms with Crippen LogP contribution in [-0.4, -0.2) is 61.0 Å². The average molecular weight is 348 g/mol. The van der Waals surface area contributed by atoms with Gasteiger partial charge in [0.25, 0.3) is 0 Å². The van der Waals surface area contributed by atoms with Gasteiger partial charge >= 0.3 is 0 Å². The Bertz CT molecular complexity index is 614. The SMILES string of the molecule is CN1C(=O)[C@H]2CC[C@@H]1CN(C1CCN(c3cccc(Cl)c3)CC1)C2. The van der Waals surface area contributed by atoms with Crippen LogP contribution < -0.4 is 4.90 Å². The molecule has 130 valence electrons. The van der Waals surface area contributed by atoms with Crippen molar-refractivity contribution >= 4 is 23.2 Å². The summed E-state index contributed by atoms with van der Waals surface area (Å²) < 4.78 is 0. The van der Waals surface area contributed by atoms with Gasteiger partial charge in [0.05, 0.1) is 5.92 Å². The van der Waals surface area contributed by atoms with Gasteiger partial charge in [0.1, 0.15) is 0 Å². The fraction of sp³-hybridized carbons (Fsp3) is 0.632. The molecule has 24 heavy (non-hydrogen) atoms. The van der Waals surface area contributed by atoms with Crippen LogP contribution in [0.4, 0.5) is 5.69 Å². The summed E-state index contributed by atoms with van der Waals surface area (Å²) in [6.45, 7) is 4.16. The number of rotatable bonds is 2. The van der Waals surface area contributed by atoms with E-state index in [1.165, 1.54) is 24.9 Å². The zero-order valence-electron chi connectivity index (χ0n) is 14.3. The largest absolute Gasteiger partial charge is 0.371 e. The summed E-state index contributed by atoms with van der Waals surface area (Å²) in [4.78, 5) is 19.4. The van der Waals surface area contributed by atoms with E-state index in [9.17, 15) is 4.79 Å². The minimum atomic E-state index is 0.222. The van der Waals surface area contributed by atoms with Crippen LogP contribution in [0.15, 0.2) is 24.3 Å². The van der Waals surface area contributed by atoms with E-state index in [4.69, 9.17) is 11.6 Å². The van der Waals surface area contributed by atoms with E-state index in [-0.39, 0.29) is 5.92 Å². The Kier molecular flexibility index (Phi) is 4.44.